The Labute approximate surface area is 190 Å². The number of aromatic nitrogens is 1. The summed E-state index contributed by atoms with van der Waals surface area (Å²) >= 11 is 0. The average molecular weight is 484 g/mol. The highest BCUT2D eigenvalue weighted by atomic mass is 32.2. The van der Waals surface area contributed by atoms with Crippen LogP contribution in [0.4, 0.5) is 18.9 Å². The molecule has 2 unspecified atom stereocenters. The van der Waals surface area contributed by atoms with E-state index < -0.39 is 21.8 Å². The number of hydrogen-bond acceptors (Lipinski definition) is 5. The lowest BCUT2D eigenvalue weighted by molar-refractivity contribution is -0.137. The van der Waals surface area contributed by atoms with Gasteiger partial charge in [0.1, 0.15) is 12.3 Å². The molecule has 2 aliphatic heterocycles. The Morgan fingerprint density at radius 3 is 2.36 bits per heavy atom. The fourth-order valence-electron chi connectivity index (χ4n) is 4.36. The van der Waals surface area contributed by atoms with Gasteiger partial charge in [-0.1, -0.05) is 0 Å². The first-order valence-electron chi connectivity index (χ1n) is 10.7. The number of pyridine rings is 1. The molecule has 0 N–H and O–H groups in total. The summed E-state index contributed by atoms with van der Waals surface area (Å²) in [5.74, 6) is -0.199. The van der Waals surface area contributed by atoms with Gasteiger partial charge < -0.3 is 9.64 Å². The molecule has 0 spiro atoms. The molecule has 0 aliphatic carbocycles. The molecular weight excluding hydrogens is 459 g/mol. The number of nitrogens with zero attached hydrogens (tertiary/aromatic N) is 3. The van der Waals surface area contributed by atoms with Gasteiger partial charge in [0, 0.05) is 18.3 Å². The minimum Gasteiger partial charge on any atom is -0.474 e. The largest absolute Gasteiger partial charge is 0.474 e. The lowest BCUT2D eigenvalue weighted by Crippen LogP contribution is -2.47. The lowest BCUT2D eigenvalue weighted by atomic mass is 9.96. The van der Waals surface area contributed by atoms with Crippen molar-refractivity contribution >= 4 is 21.6 Å². The summed E-state index contributed by atoms with van der Waals surface area (Å²) < 4.78 is 71.7. The maximum absolute atomic E-state index is 13.3. The number of piperidine rings is 1. The summed E-state index contributed by atoms with van der Waals surface area (Å²) in [6, 6.07) is 4.82. The standard InChI is InChI=1S/C22H24F3N3O4S/c1-14-4-3-5-15(2)28(14)21(29)16-12-19-20(26-13-16)32-11-10-27(19)33(30,31)18-8-6-17(7-9-18)22(23,24)25/h6-9,12-15H,3-5,10-11H2,1-2H3. The molecule has 2 aliphatic rings. The maximum atomic E-state index is 13.3. The summed E-state index contributed by atoms with van der Waals surface area (Å²) in [5, 5.41) is 0. The molecule has 1 fully saturated rings. The van der Waals surface area contributed by atoms with Crippen LogP contribution >= 0.6 is 0 Å². The fourth-order valence-corrected chi connectivity index (χ4v) is 5.80. The molecule has 33 heavy (non-hydrogen) atoms. The van der Waals surface area contributed by atoms with Crippen LogP contribution in [-0.2, 0) is 16.2 Å². The van der Waals surface area contributed by atoms with Gasteiger partial charge >= 0.3 is 6.18 Å². The van der Waals surface area contributed by atoms with Gasteiger partial charge in [-0.25, -0.2) is 13.4 Å². The average Bonchev–Trinajstić information content (AvgIpc) is 2.77. The minimum absolute atomic E-state index is 0.0212. The monoisotopic (exact) mass is 483 g/mol. The lowest BCUT2D eigenvalue weighted by Gasteiger charge is -2.39. The summed E-state index contributed by atoms with van der Waals surface area (Å²) in [6.07, 6.45) is -0.418. The summed E-state index contributed by atoms with van der Waals surface area (Å²) in [4.78, 5) is 18.9. The molecule has 178 valence electrons. The Morgan fingerprint density at radius 1 is 1.12 bits per heavy atom. The molecule has 4 rings (SSSR count). The quantitative estimate of drug-likeness (QED) is 0.657. The third-order valence-corrected chi connectivity index (χ3v) is 7.91. The highest BCUT2D eigenvalue weighted by Gasteiger charge is 2.35. The number of sulfonamides is 1. The van der Waals surface area contributed by atoms with Gasteiger partial charge in [0.2, 0.25) is 5.88 Å². The predicted molar refractivity (Wildman–Crippen MR) is 115 cm³/mol. The van der Waals surface area contributed by atoms with Crippen LogP contribution in [0.3, 0.4) is 0 Å². The minimum atomic E-state index is -4.57. The van der Waals surface area contributed by atoms with Crippen molar-refractivity contribution in [3.63, 3.8) is 0 Å². The van der Waals surface area contributed by atoms with E-state index in [1.54, 1.807) is 4.90 Å². The van der Waals surface area contributed by atoms with Crippen LogP contribution in [0.25, 0.3) is 0 Å². The van der Waals surface area contributed by atoms with Crippen molar-refractivity contribution in [1.29, 1.82) is 0 Å². The number of carbonyl (C=O) groups excluding carboxylic acids is 1. The third kappa shape index (κ3) is 4.38. The number of fused-ring (bicyclic) bond motifs is 1. The number of amides is 1. The summed E-state index contributed by atoms with van der Waals surface area (Å²) in [5.41, 5.74) is -0.625. The number of rotatable bonds is 3. The first-order chi connectivity index (χ1) is 15.5. The number of alkyl halides is 3. The van der Waals surface area contributed by atoms with E-state index in [9.17, 15) is 26.4 Å². The molecule has 0 saturated carbocycles. The summed E-state index contributed by atoms with van der Waals surface area (Å²) in [7, 11) is -4.21. The molecule has 1 aromatic heterocycles. The van der Waals surface area contributed by atoms with Crippen molar-refractivity contribution in [2.24, 2.45) is 0 Å². The number of hydrogen-bond donors (Lipinski definition) is 0. The molecule has 0 radical (unpaired) electrons. The summed E-state index contributed by atoms with van der Waals surface area (Å²) in [6.45, 7) is 3.91. The van der Waals surface area contributed by atoms with Crippen LogP contribution in [0, 0.1) is 0 Å². The highest BCUT2D eigenvalue weighted by molar-refractivity contribution is 7.92. The Hall–Kier alpha value is -2.82. The van der Waals surface area contributed by atoms with Crippen molar-refractivity contribution in [2.45, 2.75) is 56.3 Å². The second-order valence-corrected chi connectivity index (χ2v) is 10.2. The Morgan fingerprint density at radius 2 is 1.76 bits per heavy atom. The van der Waals surface area contributed by atoms with Gasteiger partial charge in [-0.05, 0) is 63.4 Å². The van der Waals surface area contributed by atoms with Crippen molar-refractivity contribution in [3.05, 3.63) is 47.7 Å². The van der Waals surface area contributed by atoms with E-state index in [-0.39, 0.29) is 53.2 Å². The Balaban J connectivity index is 1.69. The third-order valence-electron chi connectivity index (χ3n) is 6.08. The molecule has 1 amide bonds. The van der Waals surface area contributed by atoms with Crippen LogP contribution in [0.1, 0.15) is 49.0 Å². The zero-order valence-electron chi connectivity index (χ0n) is 18.2. The SMILES string of the molecule is CC1CCCC(C)N1C(=O)c1cnc2c(c1)N(S(=O)(=O)c1ccc(C(F)(F)F)cc1)CCO2. The number of anilines is 1. The van der Waals surface area contributed by atoms with Gasteiger partial charge in [-0.2, -0.15) is 13.2 Å². The van der Waals surface area contributed by atoms with Gasteiger partial charge in [0.05, 0.1) is 22.6 Å². The second-order valence-electron chi connectivity index (χ2n) is 8.34. The fraction of sp³-hybridized carbons (Fsp3) is 0.455. The van der Waals surface area contributed by atoms with Crippen LogP contribution in [0.2, 0.25) is 0 Å². The zero-order chi connectivity index (χ0) is 24.0. The molecule has 3 heterocycles. The van der Waals surface area contributed by atoms with E-state index in [0.29, 0.717) is 0 Å². The molecular formula is C22H24F3N3O4S. The predicted octanol–water partition coefficient (Wildman–Crippen LogP) is 4.09. The Kier molecular flexibility index (Phi) is 6.02. The highest BCUT2D eigenvalue weighted by Crippen LogP contribution is 2.36. The van der Waals surface area contributed by atoms with Gasteiger partial charge in [-0.15, -0.1) is 0 Å². The number of likely N-dealkylation sites (tertiary alicyclic amines) is 1. The van der Waals surface area contributed by atoms with E-state index in [1.165, 1.54) is 12.3 Å². The van der Waals surface area contributed by atoms with Gasteiger partial charge in [-0.3, -0.25) is 9.10 Å². The smallest absolute Gasteiger partial charge is 0.416 e. The van der Waals surface area contributed by atoms with E-state index >= 15 is 0 Å². The first-order valence-corrected chi connectivity index (χ1v) is 12.1. The van der Waals surface area contributed by atoms with Gasteiger partial charge in [0.25, 0.3) is 15.9 Å². The number of ether oxygens (including phenoxy) is 1. The van der Waals surface area contributed by atoms with Crippen molar-refractivity contribution < 1.29 is 31.1 Å². The first kappa shape index (κ1) is 23.3. The van der Waals surface area contributed by atoms with E-state index in [4.69, 9.17) is 4.74 Å². The van der Waals surface area contributed by atoms with Crippen LogP contribution in [0.5, 0.6) is 5.88 Å². The molecule has 0 bridgehead atoms. The molecule has 2 aromatic rings. The topological polar surface area (TPSA) is 79.8 Å². The van der Waals surface area contributed by atoms with Crippen molar-refractivity contribution in [2.75, 3.05) is 17.5 Å². The molecule has 1 aromatic carbocycles. The van der Waals surface area contributed by atoms with E-state index in [0.717, 1.165) is 47.8 Å². The van der Waals surface area contributed by atoms with Crippen LogP contribution in [-0.4, -0.2) is 49.4 Å². The molecule has 7 nitrogen and oxygen atoms in total. The molecule has 2 atom stereocenters. The number of carbonyl (C=O) groups is 1. The number of halogens is 3. The van der Waals surface area contributed by atoms with Crippen molar-refractivity contribution in [3.8, 4) is 5.88 Å². The maximum Gasteiger partial charge on any atom is 0.416 e. The van der Waals surface area contributed by atoms with Crippen LogP contribution < -0.4 is 9.04 Å². The molecule has 11 heteroatoms. The Bertz CT molecular complexity index is 1140. The van der Waals surface area contributed by atoms with Gasteiger partial charge in [0.15, 0.2) is 0 Å². The van der Waals surface area contributed by atoms with Crippen LogP contribution in [0.15, 0.2) is 41.4 Å². The normalized spacial score (nSPS) is 21.4. The molecule has 1 saturated heterocycles. The zero-order valence-corrected chi connectivity index (χ0v) is 19.0. The van der Waals surface area contributed by atoms with Crippen molar-refractivity contribution in [1.82, 2.24) is 9.88 Å². The van der Waals surface area contributed by atoms with E-state index in [1.807, 2.05) is 13.8 Å². The van der Waals surface area contributed by atoms with E-state index in [2.05, 4.69) is 4.98 Å². The number of benzene rings is 1. The second kappa shape index (κ2) is 8.51.